The first-order valence-corrected chi connectivity index (χ1v) is 16.4. The standard InChI is InChI=1S/C29H47N4O9P/c1-9-43(37,33(41-19(2)3)42-20(4)5)39-17-24-23(34)16-26(40-24)32-15-14-29(30,31-27(32)36)25(35)18-38-22-12-10-21(11-13-22)28(6,7)8/h10-15,19-20,23-24,26,34,37H,9,16-18,30H2,1-8H3/p+1/t23-,24+,26+,29?,43?/m0/s1. The fraction of sp³-hybridized carbons (Fsp3) is 0.655. The number of benzene rings is 1. The molecule has 1 aromatic rings. The van der Waals surface area contributed by atoms with Crippen molar-refractivity contribution in [3.05, 3.63) is 42.1 Å². The highest BCUT2D eigenvalue weighted by Crippen LogP contribution is 2.60. The van der Waals surface area contributed by atoms with Gasteiger partial charge in [0.05, 0.1) is 18.3 Å². The first kappa shape index (κ1) is 35.3. The lowest BCUT2D eigenvalue weighted by atomic mass is 9.87. The number of ketones is 1. The second-order valence-corrected chi connectivity index (χ2v) is 14.8. The van der Waals surface area contributed by atoms with Gasteiger partial charge in [0.15, 0.2) is 12.3 Å². The number of carbonyl (C=O) groups is 2. The maximum atomic E-state index is 13.0. The van der Waals surface area contributed by atoms with Crippen molar-refractivity contribution in [3.8, 4) is 5.75 Å². The average molecular weight is 628 g/mol. The number of aliphatic hydroxyl groups excluding tert-OH is 1. The third-order valence-corrected chi connectivity index (χ3v) is 8.91. The lowest BCUT2D eigenvalue weighted by molar-refractivity contribution is -0.343. The maximum Gasteiger partial charge on any atom is 0.401 e. The molecule has 43 heavy (non-hydrogen) atoms. The molecule has 0 spiro atoms. The molecule has 2 amide bonds. The van der Waals surface area contributed by atoms with E-state index in [1.807, 2.05) is 12.1 Å². The van der Waals surface area contributed by atoms with Crippen molar-refractivity contribution in [3.63, 3.8) is 0 Å². The van der Waals surface area contributed by atoms with Crippen molar-refractivity contribution in [1.82, 2.24) is 15.2 Å². The molecule has 1 aromatic carbocycles. The van der Waals surface area contributed by atoms with E-state index in [1.165, 1.54) is 17.2 Å². The molecule has 14 heteroatoms. The van der Waals surface area contributed by atoms with Crippen molar-refractivity contribution in [1.29, 1.82) is 0 Å². The van der Waals surface area contributed by atoms with E-state index >= 15 is 0 Å². The van der Waals surface area contributed by atoms with Gasteiger partial charge in [-0.25, -0.2) is 14.5 Å². The number of aliphatic hydroxyl groups is 1. The summed E-state index contributed by atoms with van der Waals surface area (Å²) < 4.78 is 17.4. The van der Waals surface area contributed by atoms with Crippen molar-refractivity contribution in [2.45, 2.75) is 104 Å². The Morgan fingerprint density at radius 3 is 2.33 bits per heavy atom. The van der Waals surface area contributed by atoms with Gasteiger partial charge < -0.3 is 19.9 Å². The molecule has 0 aromatic heterocycles. The van der Waals surface area contributed by atoms with Crippen LogP contribution in [0, 0.1) is 0 Å². The third kappa shape index (κ3) is 9.16. The molecular weight excluding hydrogens is 579 g/mol. The highest BCUT2D eigenvalue weighted by Gasteiger charge is 2.51. The maximum absolute atomic E-state index is 13.0. The molecule has 0 bridgehead atoms. The largest absolute Gasteiger partial charge is 0.486 e. The van der Waals surface area contributed by atoms with E-state index < -0.39 is 43.8 Å². The molecule has 0 aliphatic carbocycles. The Morgan fingerprint density at radius 1 is 1.21 bits per heavy atom. The Balaban J connectivity index is 1.59. The second kappa shape index (κ2) is 14.3. The zero-order valence-corrected chi connectivity index (χ0v) is 27.2. The van der Waals surface area contributed by atoms with Crippen LogP contribution in [0.25, 0.3) is 0 Å². The second-order valence-electron chi connectivity index (χ2n) is 12.3. The van der Waals surface area contributed by atoms with Gasteiger partial charge in [-0.3, -0.25) is 15.4 Å². The quantitative estimate of drug-likeness (QED) is 0.177. The molecule has 3 rings (SSSR count). The molecule has 2 heterocycles. The molecule has 5 atom stereocenters. The lowest BCUT2D eigenvalue weighted by Crippen LogP contribution is -2.66. The van der Waals surface area contributed by atoms with Crippen LogP contribution in [0.3, 0.4) is 0 Å². The molecule has 1 fully saturated rings. The number of rotatable bonds is 14. The van der Waals surface area contributed by atoms with Gasteiger partial charge in [0, 0.05) is 12.6 Å². The smallest absolute Gasteiger partial charge is 0.401 e. The third-order valence-electron chi connectivity index (χ3n) is 6.83. The zero-order chi connectivity index (χ0) is 32.2. The summed E-state index contributed by atoms with van der Waals surface area (Å²) in [6.07, 6.45) is -0.295. The molecule has 5 N–H and O–H groups in total. The average Bonchev–Trinajstić information content (AvgIpc) is 3.29. The van der Waals surface area contributed by atoms with Crippen LogP contribution in [-0.2, 0) is 29.1 Å². The number of hydrogen-bond donors (Lipinski definition) is 4. The van der Waals surface area contributed by atoms with Gasteiger partial charge in [-0.15, -0.1) is 0 Å². The minimum Gasteiger partial charge on any atom is -0.486 e. The lowest BCUT2D eigenvalue weighted by Gasteiger charge is -2.36. The number of Topliss-reactive ketones (excluding diaryl/α,β-unsaturated/α-hetero) is 1. The van der Waals surface area contributed by atoms with Crippen LogP contribution in [0.5, 0.6) is 5.75 Å². The Labute approximate surface area is 254 Å². The van der Waals surface area contributed by atoms with Gasteiger partial charge in [-0.05, 0) is 63.8 Å². The number of nitrogens with two attached hydrogens (primary N) is 1. The van der Waals surface area contributed by atoms with E-state index in [-0.39, 0.29) is 43.4 Å². The van der Waals surface area contributed by atoms with Crippen LogP contribution in [0.4, 0.5) is 4.79 Å². The topological polar surface area (TPSA) is 165 Å². The number of amides is 2. The van der Waals surface area contributed by atoms with Crippen molar-refractivity contribution < 1.29 is 43.3 Å². The Hall–Kier alpha value is -2.19. The van der Waals surface area contributed by atoms with E-state index in [4.69, 9.17) is 29.4 Å². The minimum atomic E-state index is -3.35. The Kier molecular flexibility index (Phi) is 11.7. The van der Waals surface area contributed by atoms with Crippen molar-refractivity contribution >= 4 is 19.7 Å². The Bertz CT molecular complexity index is 1120. The van der Waals surface area contributed by atoms with Crippen molar-refractivity contribution in [2.75, 3.05) is 19.4 Å². The normalized spacial score (nSPS) is 25.9. The SMILES string of the molecule is CC[P+](O)(OC[C@H]1O[C@@H](N2C=CC(N)(C(=O)COc3ccc(C(C)(C)C)cc3)NC2=O)C[C@@H]1O)N(OC(C)C)OC(C)C. The van der Waals surface area contributed by atoms with Gasteiger partial charge in [-0.1, -0.05) is 32.9 Å². The van der Waals surface area contributed by atoms with Crippen LogP contribution < -0.4 is 15.8 Å². The summed E-state index contributed by atoms with van der Waals surface area (Å²) in [6.45, 7) is 14.7. The molecule has 0 saturated carbocycles. The van der Waals surface area contributed by atoms with Crippen molar-refractivity contribution in [2.24, 2.45) is 5.73 Å². The Morgan fingerprint density at radius 2 is 1.81 bits per heavy atom. The van der Waals surface area contributed by atoms with E-state index in [1.54, 1.807) is 46.8 Å². The monoisotopic (exact) mass is 627 g/mol. The number of nitrogens with one attached hydrogen (secondary N) is 1. The summed E-state index contributed by atoms with van der Waals surface area (Å²) in [5.74, 6) is -0.0405. The number of urea groups is 1. The van der Waals surface area contributed by atoms with Gasteiger partial charge in [0.2, 0.25) is 5.78 Å². The number of hydrogen-bond acceptors (Lipinski definition) is 11. The fourth-order valence-corrected chi connectivity index (χ4v) is 5.84. The predicted octanol–water partition coefficient (Wildman–Crippen LogP) is 3.38. The van der Waals surface area contributed by atoms with E-state index in [0.29, 0.717) is 5.75 Å². The molecule has 2 unspecified atom stereocenters. The molecule has 242 valence electrons. The number of carbonyl (C=O) groups excluding carboxylic acids is 2. The summed E-state index contributed by atoms with van der Waals surface area (Å²) in [7, 11) is -3.35. The minimum absolute atomic E-state index is 0.0167. The van der Waals surface area contributed by atoms with Crippen LogP contribution in [0.2, 0.25) is 0 Å². The molecule has 1 saturated heterocycles. The van der Waals surface area contributed by atoms with Crippen LogP contribution >= 0.6 is 7.87 Å². The number of nitrogens with zero attached hydrogens (tertiary/aromatic N) is 2. The van der Waals surface area contributed by atoms with E-state index in [9.17, 15) is 19.6 Å². The van der Waals surface area contributed by atoms with Crippen LogP contribution in [0.1, 0.15) is 67.4 Å². The van der Waals surface area contributed by atoms with Gasteiger partial charge >= 0.3 is 13.9 Å². The molecule has 13 nitrogen and oxygen atoms in total. The summed E-state index contributed by atoms with van der Waals surface area (Å²) in [5.41, 5.74) is 5.55. The predicted molar refractivity (Wildman–Crippen MR) is 161 cm³/mol. The molecule has 0 radical (unpaired) electrons. The summed E-state index contributed by atoms with van der Waals surface area (Å²) in [5, 5.41) is 13.2. The first-order valence-electron chi connectivity index (χ1n) is 14.6. The zero-order valence-electron chi connectivity index (χ0n) is 26.4. The summed E-state index contributed by atoms with van der Waals surface area (Å²) >= 11 is 0. The van der Waals surface area contributed by atoms with Crippen LogP contribution in [0.15, 0.2) is 36.5 Å². The van der Waals surface area contributed by atoms with E-state index in [2.05, 4.69) is 26.1 Å². The van der Waals surface area contributed by atoms with Crippen LogP contribution in [-0.4, -0.2) is 87.4 Å². The van der Waals surface area contributed by atoms with Gasteiger partial charge in [0.1, 0.15) is 35.8 Å². The number of ether oxygens (including phenoxy) is 2. The van der Waals surface area contributed by atoms with E-state index in [0.717, 1.165) is 10.6 Å². The molecule has 2 aliphatic rings. The highest BCUT2D eigenvalue weighted by atomic mass is 31.2. The fourth-order valence-electron chi connectivity index (χ4n) is 4.27. The van der Waals surface area contributed by atoms with Gasteiger partial charge in [-0.2, -0.15) is 9.42 Å². The van der Waals surface area contributed by atoms with Gasteiger partial charge in [0.25, 0.3) is 0 Å². The highest BCUT2D eigenvalue weighted by molar-refractivity contribution is 7.62. The molecule has 2 aliphatic heterocycles. The first-order chi connectivity index (χ1) is 20.0. The molecular formula is C29H48N4O9P+. The summed E-state index contributed by atoms with van der Waals surface area (Å²) in [6, 6.07) is 6.77. The summed E-state index contributed by atoms with van der Waals surface area (Å²) in [4.78, 5) is 50.7.